The van der Waals surface area contributed by atoms with Crippen LogP contribution in [-0.4, -0.2) is 31.5 Å². The number of hydrogen-bond acceptors (Lipinski definition) is 6. The van der Waals surface area contributed by atoms with E-state index in [0.29, 0.717) is 15.9 Å². The first-order valence-corrected chi connectivity index (χ1v) is 5.82. The van der Waals surface area contributed by atoms with Crippen LogP contribution in [0, 0.1) is 0 Å². The summed E-state index contributed by atoms with van der Waals surface area (Å²) in [6.45, 7) is 1.74. The summed E-state index contributed by atoms with van der Waals surface area (Å²) in [7, 11) is 0. The van der Waals surface area contributed by atoms with Crippen molar-refractivity contribution in [1.29, 1.82) is 0 Å². The molecule has 9 heteroatoms. The van der Waals surface area contributed by atoms with Crippen LogP contribution in [0.3, 0.4) is 0 Å². The highest BCUT2D eigenvalue weighted by molar-refractivity contribution is 9.10. The number of carbonyl (C=O) groups is 1. The van der Waals surface area contributed by atoms with E-state index in [4.69, 9.17) is 5.73 Å². The number of H-pyrrole nitrogens is 1. The van der Waals surface area contributed by atoms with Crippen LogP contribution in [0.2, 0.25) is 0 Å². The van der Waals surface area contributed by atoms with Crippen LogP contribution < -0.4 is 11.1 Å². The first-order valence-electron chi connectivity index (χ1n) is 5.03. The molecule has 0 bridgehead atoms. The third-order valence-corrected chi connectivity index (χ3v) is 2.66. The molecule has 94 valence electrons. The largest absolute Gasteiger partial charge is 0.383 e. The lowest BCUT2D eigenvalue weighted by Crippen LogP contribution is -2.28. The molecule has 2 rings (SSSR count). The summed E-state index contributed by atoms with van der Waals surface area (Å²) < 4.78 is 0.675. The molecule has 0 spiro atoms. The van der Waals surface area contributed by atoms with Gasteiger partial charge in [0.2, 0.25) is 0 Å². The van der Waals surface area contributed by atoms with Crippen LogP contribution in [0.5, 0.6) is 0 Å². The number of amides is 1. The van der Waals surface area contributed by atoms with Gasteiger partial charge in [-0.1, -0.05) is 5.21 Å². The number of hydrogen-bond donors (Lipinski definition) is 3. The Morgan fingerprint density at radius 1 is 1.61 bits per heavy atom. The predicted molar refractivity (Wildman–Crippen MR) is 66.4 cm³/mol. The number of anilines is 1. The summed E-state index contributed by atoms with van der Waals surface area (Å²) >= 11 is 3.23. The lowest BCUT2D eigenvalue weighted by atomic mass is 10.2. The maximum atomic E-state index is 12.0. The summed E-state index contributed by atoms with van der Waals surface area (Å²) in [5.41, 5.74) is 5.93. The lowest BCUT2D eigenvalue weighted by Gasteiger charge is -2.11. The fraction of sp³-hybridized carbons (Fsp3) is 0.222. The van der Waals surface area contributed by atoms with Crippen molar-refractivity contribution in [2.75, 3.05) is 5.73 Å². The minimum Gasteiger partial charge on any atom is -0.383 e. The van der Waals surface area contributed by atoms with E-state index in [2.05, 4.69) is 46.9 Å². The Kier molecular flexibility index (Phi) is 3.51. The van der Waals surface area contributed by atoms with E-state index < -0.39 is 0 Å². The lowest BCUT2D eigenvalue weighted by molar-refractivity contribution is 0.0939. The van der Waals surface area contributed by atoms with Gasteiger partial charge >= 0.3 is 0 Å². The number of pyridine rings is 1. The molecule has 1 atom stereocenters. The quantitative estimate of drug-likeness (QED) is 0.755. The van der Waals surface area contributed by atoms with E-state index >= 15 is 0 Å². The van der Waals surface area contributed by atoms with Gasteiger partial charge in [-0.05, 0) is 28.9 Å². The molecule has 0 aliphatic rings. The molecule has 0 radical (unpaired) electrons. The molecule has 0 aliphatic carbocycles. The average molecular weight is 312 g/mol. The Morgan fingerprint density at radius 3 is 3.06 bits per heavy atom. The van der Waals surface area contributed by atoms with Crippen molar-refractivity contribution in [2.45, 2.75) is 13.0 Å². The summed E-state index contributed by atoms with van der Waals surface area (Å²) in [5, 5.41) is 16.0. The molecule has 0 aliphatic heterocycles. The highest BCUT2D eigenvalue weighted by Gasteiger charge is 2.17. The van der Waals surface area contributed by atoms with Gasteiger partial charge in [-0.15, -0.1) is 10.2 Å². The SMILES string of the molecule is CC(NC(=O)c1cc(Br)cnc1N)c1nn[nH]n1. The standard InChI is InChI=1S/C9H10BrN7O/c1-4(8-14-16-17-15-8)13-9(18)6-2-5(10)3-12-7(6)11/h2-4H,1H3,(H2,11,12)(H,13,18)(H,14,15,16,17). The van der Waals surface area contributed by atoms with Crippen molar-refractivity contribution in [1.82, 2.24) is 30.9 Å². The van der Waals surface area contributed by atoms with Gasteiger partial charge in [-0.3, -0.25) is 4.79 Å². The molecule has 2 heterocycles. The number of nitrogens with one attached hydrogen (secondary N) is 2. The Morgan fingerprint density at radius 2 is 2.39 bits per heavy atom. The van der Waals surface area contributed by atoms with E-state index in [1.165, 1.54) is 6.20 Å². The Hall–Kier alpha value is -2.03. The van der Waals surface area contributed by atoms with Gasteiger partial charge in [0.15, 0.2) is 5.82 Å². The third kappa shape index (κ3) is 2.62. The number of nitrogens with two attached hydrogens (primary N) is 1. The normalized spacial score (nSPS) is 12.1. The van der Waals surface area contributed by atoms with E-state index in [1.54, 1.807) is 13.0 Å². The van der Waals surface area contributed by atoms with Crippen LogP contribution in [0.4, 0.5) is 5.82 Å². The summed E-state index contributed by atoms with van der Waals surface area (Å²) in [4.78, 5) is 15.9. The van der Waals surface area contributed by atoms with Crippen molar-refractivity contribution >= 4 is 27.7 Å². The molecule has 1 unspecified atom stereocenters. The second-order valence-electron chi connectivity index (χ2n) is 3.55. The number of aromatic nitrogens is 5. The van der Waals surface area contributed by atoms with Gasteiger partial charge in [0.25, 0.3) is 5.91 Å². The zero-order chi connectivity index (χ0) is 13.1. The molecule has 0 saturated carbocycles. The number of carbonyl (C=O) groups excluding carboxylic acids is 1. The van der Waals surface area contributed by atoms with E-state index in [9.17, 15) is 4.79 Å². The van der Waals surface area contributed by atoms with Crippen molar-refractivity contribution in [3.8, 4) is 0 Å². The van der Waals surface area contributed by atoms with Gasteiger partial charge in [0.05, 0.1) is 11.6 Å². The number of rotatable bonds is 3. The third-order valence-electron chi connectivity index (χ3n) is 2.23. The highest BCUT2D eigenvalue weighted by Crippen LogP contribution is 2.16. The predicted octanol–water partition coefficient (Wildman–Crippen LogP) is 0.430. The van der Waals surface area contributed by atoms with E-state index in [1.807, 2.05) is 0 Å². The number of aromatic amines is 1. The van der Waals surface area contributed by atoms with Crippen molar-refractivity contribution in [3.63, 3.8) is 0 Å². The van der Waals surface area contributed by atoms with E-state index in [0.717, 1.165) is 0 Å². The smallest absolute Gasteiger partial charge is 0.255 e. The van der Waals surface area contributed by atoms with Gasteiger partial charge < -0.3 is 11.1 Å². The Labute approximate surface area is 110 Å². The molecule has 2 aromatic rings. The van der Waals surface area contributed by atoms with Gasteiger partial charge in [0, 0.05) is 10.7 Å². The number of nitrogen functional groups attached to an aromatic ring is 1. The fourth-order valence-electron chi connectivity index (χ4n) is 1.32. The number of tetrazole rings is 1. The van der Waals surface area contributed by atoms with Crippen LogP contribution in [0.15, 0.2) is 16.7 Å². The first kappa shape index (κ1) is 12.4. The number of nitrogens with zero attached hydrogens (tertiary/aromatic N) is 4. The maximum absolute atomic E-state index is 12.0. The van der Waals surface area contributed by atoms with Crippen LogP contribution in [0.25, 0.3) is 0 Å². The maximum Gasteiger partial charge on any atom is 0.255 e. The minimum atomic E-state index is -0.380. The number of halogens is 1. The van der Waals surface area contributed by atoms with Crippen molar-refractivity contribution < 1.29 is 4.79 Å². The topological polar surface area (TPSA) is 122 Å². The van der Waals surface area contributed by atoms with Gasteiger partial charge in [0.1, 0.15) is 5.82 Å². The Balaban J connectivity index is 2.15. The molecule has 18 heavy (non-hydrogen) atoms. The highest BCUT2D eigenvalue weighted by atomic mass is 79.9. The molecular formula is C9H10BrN7O. The summed E-state index contributed by atoms with van der Waals surface area (Å²) in [5.74, 6) is 0.208. The van der Waals surface area contributed by atoms with Crippen LogP contribution in [-0.2, 0) is 0 Å². The monoisotopic (exact) mass is 311 g/mol. The second-order valence-corrected chi connectivity index (χ2v) is 4.47. The molecule has 0 fully saturated rings. The van der Waals surface area contributed by atoms with Crippen molar-refractivity contribution in [2.24, 2.45) is 0 Å². The molecule has 4 N–H and O–H groups in total. The molecule has 0 saturated heterocycles. The zero-order valence-electron chi connectivity index (χ0n) is 9.38. The van der Waals surface area contributed by atoms with Crippen LogP contribution >= 0.6 is 15.9 Å². The first-order chi connectivity index (χ1) is 8.58. The van der Waals surface area contributed by atoms with Gasteiger partial charge in [-0.25, -0.2) is 4.98 Å². The minimum absolute atomic E-state index is 0.163. The van der Waals surface area contributed by atoms with Gasteiger partial charge in [-0.2, -0.15) is 5.21 Å². The average Bonchev–Trinajstić information content (AvgIpc) is 2.85. The molecule has 2 aromatic heterocycles. The fourth-order valence-corrected chi connectivity index (χ4v) is 1.65. The molecule has 8 nitrogen and oxygen atoms in total. The molecule has 0 aromatic carbocycles. The van der Waals surface area contributed by atoms with Crippen LogP contribution in [0.1, 0.15) is 29.1 Å². The summed E-state index contributed by atoms with van der Waals surface area (Å²) in [6, 6.07) is 1.22. The molecular weight excluding hydrogens is 302 g/mol. The molecule has 1 amide bonds. The van der Waals surface area contributed by atoms with Crippen molar-refractivity contribution in [3.05, 3.63) is 28.1 Å². The second kappa shape index (κ2) is 5.08. The Bertz CT molecular complexity index is 556. The summed E-state index contributed by atoms with van der Waals surface area (Å²) in [6.07, 6.45) is 1.52. The zero-order valence-corrected chi connectivity index (χ0v) is 11.0. The van der Waals surface area contributed by atoms with E-state index in [-0.39, 0.29) is 17.8 Å².